The summed E-state index contributed by atoms with van der Waals surface area (Å²) in [5.74, 6) is 0.784. The SMILES string of the molecule is CC(C)(C)c1ccc(N(C2=CC3C(c4oc5ccccc5c42)c2c(c4ccc(N(c5ccc(C(C)(C)C)cc5)c5ccc(C(C)(C)C)cc5)cc4c4ccccc24)C32c3ccccc3-c3ccccc32)c2ccc(C(C)(C)C)cc2)cc1. The molecular weight excluding hydrogens is 993 g/mol. The second-order valence-corrected chi connectivity index (χ2v) is 27.7. The van der Waals surface area contributed by atoms with Gasteiger partial charge in [-0.15, -0.1) is 0 Å². The van der Waals surface area contributed by atoms with Crippen LogP contribution in [0.5, 0.6) is 0 Å². The van der Waals surface area contributed by atoms with E-state index >= 15 is 0 Å². The lowest BCUT2D eigenvalue weighted by Gasteiger charge is -2.40. The van der Waals surface area contributed by atoms with E-state index in [2.05, 4.69) is 311 Å². The van der Waals surface area contributed by atoms with E-state index in [9.17, 15) is 0 Å². The van der Waals surface area contributed by atoms with E-state index < -0.39 is 5.41 Å². The Kier molecular flexibility index (Phi) is 11.5. The van der Waals surface area contributed by atoms with Crippen molar-refractivity contribution in [2.24, 2.45) is 5.92 Å². The molecule has 1 heterocycles. The zero-order chi connectivity index (χ0) is 56.8. The van der Waals surface area contributed by atoms with Gasteiger partial charge in [0.15, 0.2) is 0 Å². The van der Waals surface area contributed by atoms with Gasteiger partial charge in [-0.1, -0.05) is 235 Å². The number of anilines is 5. The third-order valence-electron chi connectivity index (χ3n) is 18.6. The van der Waals surface area contributed by atoms with Crippen LogP contribution in [0.15, 0.2) is 223 Å². The average Bonchev–Trinajstić information content (AvgIpc) is 2.19. The maximum absolute atomic E-state index is 7.61. The van der Waals surface area contributed by atoms with Crippen LogP contribution in [0.1, 0.15) is 145 Å². The lowest BCUT2D eigenvalue weighted by molar-refractivity contribution is 0.407. The lowest BCUT2D eigenvalue weighted by Crippen LogP contribution is -2.35. The Bertz CT molecular complexity index is 4190. The second kappa shape index (κ2) is 18.3. The Balaban J connectivity index is 1.09. The van der Waals surface area contributed by atoms with Crippen molar-refractivity contribution in [3.63, 3.8) is 0 Å². The molecule has 3 aliphatic carbocycles. The van der Waals surface area contributed by atoms with E-state index in [1.165, 1.54) is 77.2 Å². The summed E-state index contributed by atoms with van der Waals surface area (Å²) < 4.78 is 7.61. The molecule has 14 rings (SSSR count). The van der Waals surface area contributed by atoms with E-state index in [0.717, 1.165) is 56.4 Å². The van der Waals surface area contributed by atoms with Gasteiger partial charge in [-0.25, -0.2) is 0 Å². The summed E-state index contributed by atoms with van der Waals surface area (Å²) >= 11 is 0. The van der Waals surface area contributed by atoms with Crippen LogP contribution in [-0.2, 0) is 27.1 Å². The summed E-state index contributed by atoms with van der Waals surface area (Å²) in [5, 5.41) is 6.14. The molecule has 3 heteroatoms. The van der Waals surface area contributed by atoms with Crippen LogP contribution < -0.4 is 9.80 Å². The van der Waals surface area contributed by atoms with Gasteiger partial charge in [0.1, 0.15) is 11.3 Å². The van der Waals surface area contributed by atoms with Gasteiger partial charge in [0.05, 0.1) is 17.0 Å². The van der Waals surface area contributed by atoms with Crippen molar-refractivity contribution in [2.75, 3.05) is 9.80 Å². The number of nitrogens with zero attached hydrogens (tertiary/aromatic N) is 2. The fraction of sp³-hybridized carbons (Fsp3) is 0.241. The molecule has 2 atom stereocenters. The van der Waals surface area contributed by atoms with Crippen molar-refractivity contribution in [3.05, 3.63) is 274 Å². The molecule has 1 aromatic heterocycles. The molecule has 0 N–H and O–H groups in total. The molecule has 3 nitrogen and oxygen atoms in total. The molecule has 10 aromatic carbocycles. The van der Waals surface area contributed by atoms with Gasteiger partial charge in [0.25, 0.3) is 0 Å². The quantitative estimate of drug-likeness (QED) is 0.155. The minimum absolute atomic E-state index is 0.00572. The van der Waals surface area contributed by atoms with Crippen LogP contribution in [0.2, 0.25) is 0 Å². The first-order valence-electron chi connectivity index (χ1n) is 29.7. The van der Waals surface area contributed by atoms with Gasteiger partial charge in [-0.05, 0) is 166 Å². The van der Waals surface area contributed by atoms with E-state index in [-0.39, 0.29) is 33.5 Å². The molecule has 0 bridgehead atoms. The smallest absolute Gasteiger partial charge is 0.135 e. The fourth-order valence-electron chi connectivity index (χ4n) is 14.4. The Labute approximate surface area is 485 Å². The molecule has 0 fully saturated rings. The number of benzene rings is 10. The molecule has 82 heavy (non-hydrogen) atoms. The summed E-state index contributed by atoms with van der Waals surface area (Å²) in [4.78, 5) is 5.00. The highest BCUT2D eigenvalue weighted by Gasteiger charge is 2.61. The van der Waals surface area contributed by atoms with Crippen molar-refractivity contribution in [1.82, 2.24) is 0 Å². The summed E-state index contributed by atoms with van der Waals surface area (Å²) in [6.07, 6.45) is 2.70. The predicted molar refractivity (Wildman–Crippen MR) is 347 cm³/mol. The standard InChI is InChI=1S/C79H74N2O/c1-75(2,3)49-29-37-53(38-30-49)80(54-39-31-50(32-40-54)76(4,5)6)57-45-46-62-64(47-57)58-21-13-14-24-61(58)71-72-67(79(73(62)71)65-26-18-15-22-59(65)60-23-16-19-27-66(60)79)48-68(70-63-25-17-20-28-69(63)82-74(70)72)81(55-41-33-51(34-42-55)77(7,8)9)56-43-35-52(36-44-56)78(10,11)12/h13-48,67,72H,1-12H3. The van der Waals surface area contributed by atoms with Crippen molar-refractivity contribution in [1.29, 1.82) is 0 Å². The molecule has 0 saturated carbocycles. The zero-order valence-electron chi connectivity index (χ0n) is 49.7. The Morgan fingerprint density at radius 1 is 0.366 bits per heavy atom. The highest BCUT2D eigenvalue weighted by Crippen LogP contribution is 2.70. The van der Waals surface area contributed by atoms with E-state index in [4.69, 9.17) is 4.42 Å². The van der Waals surface area contributed by atoms with Gasteiger partial charge in [-0.3, -0.25) is 0 Å². The van der Waals surface area contributed by atoms with Crippen molar-refractivity contribution in [2.45, 2.75) is 116 Å². The Hall–Kier alpha value is -8.40. The minimum Gasteiger partial charge on any atom is -0.460 e. The molecule has 0 radical (unpaired) electrons. The molecule has 11 aromatic rings. The van der Waals surface area contributed by atoms with Gasteiger partial charge in [-0.2, -0.15) is 0 Å². The van der Waals surface area contributed by atoms with Crippen molar-refractivity contribution in [3.8, 4) is 11.1 Å². The number of hydrogen-bond donors (Lipinski definition) is 0. The minimum atomic E-state index is -0.623. The molecule has 0 aliphatic heterocycles. The Morgan fingerprint density at radius 2 is 0.768 bits per heavy atom. The summed E-state index contributed by atoms with van der Waals surface area (Å²) in [5.41, 5.74) is 21.5. The predicted octanol–water partition coefficient (Wildman–Crippen LogP) is 21.7. The number of allylic oxidation sites excluding steroid dienone is 1. The first kappa shape index (κ1) is 51.7. The summed E-state index contributed by atoms with van der Waals surface area (Å²) in [7, 11) is 0. The Morgan fingerprint density at radius 3 is 1.24 bits per heavy atom. The maximum Gasteiger partial charge on any atom is 0.135 e. The van der Waals surface area contributed by atoms with Crippen molar-refractivity contribution >= 4 is 66.6 Å². The topological polar surface area (TPSA) is 19.6 Å². The molecule has 2 unspecified atom stereocenters. The number of furan rings is 1. The third-order valence-corrected chi connectivity index (χ3v) is 18.6. The highest BCUT2D eigenvalue weighted by atomic mass is 16.3. The lowest BCUT2D eigenvalue weighted by atomic mass is 9.63. The first-order valence-corrected chi connectivity index (χ1v) is 29.7. The fourth-order valence-corrected chi connectivity index (χ4v) is 14.4. The van der Waals surface area contributed by atoms with Crippen LogP contribution in [-0.4, -0.2) is 0 Å². The van der Waals surface area contributed by atoms with Crippen LogP contribution >= 0.6 is 0 Å². The third kappa shape index (κ3) is 7.90. The molecule has 0 saturated heterocycles. The molecular formula is C79H74N2O. The summed E-state index contributed by atoms with van der Waals surface area (Å²) in [6.45, 7) is 27.6. The highest BCUT2D eigenvalue weighted by molar-refractivity contribution is 6.15. The number of para-hydroxylation sites is 1. The first-order chi connectivity index (χ1) is 39.2. The van der Waals surface area contributed by atoms with Crippen LogP contribution in [0.4, 0.5) is 28.4 Å². The largest absolute Gasteiger partial charge is 0.460 e. The van der Waals surface area contributed by atoms with Gasteiger partial charge < -0.3 is 14.2 Å². The van der Waals surface area contributed by atoms with Gasteiger partial charge >= 0.3 is 0 Å². The number of rotatable bonds is 6. The van der Waals surface area contributed by atoms with Crippen LogP contribution in [0, 0.1) is 5.92 Å². The van der Waals surface area contributed by atoms with Crippen molar-refractivity contribution < 1.29 is 4.42 Å². The van der Waals surface area contributed by atoms with E-state index in [1.54, 1.807) is 0 Å². The van der Waals surface area contributed by atoms with Crippen LogP contribution in [0.3, 0.4) is 0 Å². The average molecular weight is 1070 g/mol. The van der Waals surface area contributed by atoms with E-state index in [1.807, 2.05) is 0 Å². The van der Waals surface area contributed by atoms with E-state index in [0.29, 0.717) is 0 Å². The molecule has 1 spiro atoms. The molecule has 3 aliphatic rings. The number of hydrogen-bond acceptors (Lipinski definition) is 3. The van der Waals surface area contributed by atoms with Gasteiger partial charge in [0.2, 0.25) is 0 Å². The van der Waals surface area contributed by atoms with Gasteiger partial charge in [0, 0.05) is 45.3 Å². The number of fused-ring (bicyclic) bond motifs is 19. The monoisotopic (exact) mass is 1070 g/mol. The zero-order valence-corrected chi connectivity index (χ0v) is 49.7. The summed E-state index contributed by atoms with van der Waals surface area (Å²) in [6, 6.07) is 81.2. The maximum atomic E-state index is 7.61. The normalized spacial score (nSPS) is 16.2. The molecule has 0 amide bonds. The molecule has 406 valence electrons. The van der Waals surface area contributed by atoms with Crippen LogP contribution in [0.25, 0.3) is 49.3 Å². The second-order valence-electron chi connectivity index (χ2n) is 27.7.